The smallest absolute Gasteiger partial charge is 0.332 e. The number of anilines is 2. The van der Waals surface area contributed by atoms with Gasteiger partial charge in [0.1, 0.15) is 18.4 Å². The van der Waals surface area contributed by atoms with Crippen molar-refractivity contribution in [1.82, 2.24) is 21.0 Å². The van der Waals surface area contributed by atoms with Crippen LogP contribution in [-0.4, -0.2) is 92.4 Å². The summed E-state index contributed by atoms with van der Waals surface area (Å²) < 4.78 is 0. The molecule has 0 aliphatic carbocycles. The first-order valence-electron chi connectivity index (χ1n) is 14.5. The minimum Gasteiger partial charge on any atom is -0.350 e. The molecule has 0 saturated carbocycles. The Kier molecular flexibility index (Phi) is 10.8. The maximum Gasteiger partial charge on any atom is 0.332 e. The number of likely N-dealkylation sites (N-methyl/N-ethyl adjacent to an activating group) is 1. The molecule has 0 fully saturated rings. The second-order valence-electron chi connectivity index (χ2n) is 11.0. The number of hydrogen-bond donors (Lipinski definition) is 4. The fourth-order valence-corrected chi connectivity index (χ4v) is 5.15. The van der Waals surface area contributed by atoms with Gasteiger partial charge in [-0.25, -0.2) is 10.2 Å². The molecule has 5 N–H and O–H groups in total. The molecular weight excluding hydrogens is 592 g/mol. The molecule has 2 atom stereocenters. The van der Waals surface area contributed by atoms with Gasteiger partial charge in [0, 0.05) is 18.2 Å². The number of urea groups is 1. The van der Waals surface area contributed by atoms with Crippen molar-refractivity contribution in [2.75, 3.05) is 43.5 Å². The van der Waals surface area contributed by atoms with E-state index in [0.29, 0.717) is 16.6 Å². The van der Waals surface area contributed by atoms with Crippen molar-refractivity contribution in [3.05, 3.63) is 72.3 Å². The van der Waals surface area contributed by atoms with Crippen molar-refractivity contribution >= 4 is 63.8 Å². The van der Waals surface area contributed by atoms with E-state index in [0.717, 1.165) is 11.6 Å². The zero-order chi connectivity index (χ0) is 33.4. The molecule has 14 heteroatoms. The van der Waals surface area contributed by atoms with E-state index in [2.05, 4.69) is 15.7 Å². The standard InChI is InChI=1S/C32H36N8O6/c1-20(41)15-22(16-34-37-32(33)46)35-28(42)18-40-27-14-7-6-13-26(27)39(29(43)19-38(2)3)17-25(31(40)45)36-30(44)24-12-8-10-21-9-4-5-11-23(21)24/h4-14,16,22,25H,15,17-19H2,1-3H3,(H,35,42)(H,36,44)(H3,33,37,46)/b34-16+/t22-,25-/m0/s1. The molecule has 46 heavy (non-hydrogen) atoms. The highest BCUT2D eigenvalue weighted by molar-refractivity contribution is 6.13. The number of para-hydroxylation sites is 2. The van der Waals surface area contributed by atoms with Crippen molar-refractivity contribution in [3.63, 3.8) is 0 Å². The first-order chi connectivity index (χ1) is 21.9. The zero-order valence-electron chi connectivity index (χ0n) is 25.7. The molecule has 1 heterocycles. The van der Waals surface area contributed by atoms with Crippen molar-refractivity contribution in [1.29, 1.82) is 0 Å². The van der Waals surface area contributed by atoms with E-state index in [1.807, 2.05) is 29.7 Å². The number of carbonyl (C=O) groups excluding carboxylic acids is 6. The Balaban J connectivity index is 1.69. The Morgan fingerprint density at radius 3 is 2.37 bits per heavy atom. The van der Waals surface area contributed by atoms with Crippen LogP contribution in [0.5, 0.6) is 0 Å². The number of nitrogens with zero attached hydrogens (tertiary/aromatic N) is 4. The summed E-state index contributed by atoms with van der Waals surface area (Å²) in [6.07, 6.45) is 1.01. The number of fused-ring (bicyclic) bond motifs is 2. The molecule has 0 bridgehead atoms. The van der Waals surface area contributed by atoms with Crippen LogP contribution in [0.4, 0.5) is 16.2 Å². The molecule has 0 radical (unpaired) electrons. The van der Waals surface area contributed by atoms with Crippen LogP contribution in [0.3, 0.4) is 0 Å². The predicted molar refractivity (Wildman–Crippen MR) is 173 cm³/mol. The van der Waals surface area contributed by atoms with Crippen LogP contribution >= 0.6 is 0 Å². The molecule has 0 saturated heterocycles. The van der Waals surface area contributed by atoms with E-state index < -0.39 is 42.4 Å². The van der Waals surface area contributed by atoms with Crippen LogP contribution in [0, 0.1) is 0 Å². The summed E-state index contributed by atoms with van der Waals surface area (Å²) >= 11 is 0. The number of primary amides is 1. The fourth-order valence-electron chi connectivity index (χ4n) is 5.15. The molecule has 3 aromatic rings. The highest BCUT2D eigenvalue weighted by Gasteiger charge is 2.38. The number of amides is 6. The van der Waals surface area contributed by atoms with Crippen molar-refractivity contribution in [3.8, 4) is 0 Å². The lowest BCUT2D eigenvalue weighted by molar-refractivity contribution is -0.125. The van der Waals surface area contributed by atoms with Gasteiger partial charge in [0.2, 0.25) is 11.8 Å². The van der Waals surface area contributed by atoms with E-state index >= 15 is 0 Å². The molecule has 3 aromatic carbocycles. The summed E-state index contributed by atoms with van der Waals surface area (Å²) in [5, 5.41) is 10.6. The molecule has 14 nitrogen and oxygen atoms in total. The summed E-state index contributed by atoms with van der Waals surface area (Å²) in [6, 6.07) is 16.2. The average Bonchev–Trinajstić information content (AvgIpc) is 3.10. The van der Waals surface area contributed by atoms with Gasteiger partial charge >= 0.3 is 6.03 Å². The van der Waals surface area contributed by atoms with E-state index in [9.17, 15) is 28.8 Å². The van der Waals surface area contributed by atoms with Crippen LogP contribution in [-0.2, 0) is 19.2 Å². The largest absolute Gasteiger partial charge is 0.350 e. The maximum atomic E-state index is 14.2. The predicted octanol–water partition coefficient (Wildman–Crippen LogP) is 0.998. The highest BCUT2D eigenvalue weighted by Crippen LogP contribution is 2.33. The Bertz CT molecular complexity index is 1680. The molecule has 1 aliphatic heterocycles. The van der Waals surface area contributed by atoms with Gasteiger partial charge in [-0.2, -0.15) is 5.10 Å². The number of nitrogens with two attached hydrogens (primary N) is 1. The zero-order valence-corrected chi connectivity index (χ0v) is 25.7. The van der Waals surface area contributed by atoms with Crippen LogP contribution in [0.15, 0.2) is 71.8 Å². The third-order valence-electron chi connectivity index (χ3n) is 7.07. The lowest BCUT2D eigenvalue weighted by Gasteiger charge is -2.26. The number of hydrogen-bond acceptors (Lipinski definition) is 8. The minimum absolute atomic E-state index is 0.0262. The first kappa shape index (κ1) is 33.3. The summed E-state index contributed by atoms with van der Waals surface area (Å²) in [6.45, 7) is 0.650. The van der Waals surface area contributed by atoms with Gasteiger partial charge in [-0.05, 0) is 50.0 Å². The number of ketones is 1. The number of benzene rings is 3. The van der Waals surface area contributed by atoms with E-state index in [1.54, 1.807) is 61.5 Å². The average molecular weight is 629 g/mol. The summed E-state index contributed by atoms with van der Waals surface area (Å²) in [4.78, 5) is 81.9. The Morgan fingerprint density at radius 2 is 1.67 bits per heavy atom. The van der Waals surface area contributed by atoms with Gasteiger partial charge in [-0.15, -0.1) is 0 Å². The van der Waals surface area contributed by atoms with E-state index in [-0.39, 0.29) is 36.9 Å². The highest BCUT2D eigenvalue weighted by atomic mass is 16.2. The van der Waals surface area contributed by atoms with Gasteiger partial charge in [0.25, 0.3) is 11.8 Å². The lowest BCUT2D eigenvalue weighted by Crippen LogP contribution is -2.55. The van der Waals surface area contributed by atoms with E-state index in [4.69, 9.17) is 5.73 Å². The van der Waals surface area contributed by atoms with Crippen LogP contribution < -0.4 is 31.6 Å². The van der Waals surface area contributed by atoms with Gasteiger partial charge in [0.15, 0.2) is 0 Å². The lowest BCUT2D eigenvalue weighted by atomic mass is 10.0. The SMILES string of the molecule is CC(=O)C[C@@H](/C=N/NC(N)=O)NC(=O)CN1C(=O)[C@@H](NC(=O)c2cccc3ccccc23)CN(C(=O)CN(C)C)c2ccccc21. The molecule has 0 aromatic heterocycles. The monoisotopic (exact) mass is 628 g/mol. The number of carbonyl (C=O) groups is 6. The molecule has 6 amide bonds. The van der Waals surface area contributed by atoms with Crippen molar-refractivity contribution < 1.29 is 28.8 Å². The van der Waals surface area contributed by atoms with Gasteiger partial charge in [-0.3, -0.25) is 28.9 Å². The van der Waals surface area contributed by atoms with Crippen molar-refractivity contribution in [2.45, 2.75) is 25.4 Å². The Morgan fingerprint density at radius 1 is 1.00 bits per heavy atom. The number of hydrazone groups is 1. The number of Topliss-reactive ketones (excluding diaryl/α,β-unsaturated/α-hetero) is 1. The van der Waals surface area contributed by atoms with Crippen LogP contribution in [0.1, 0.15) is 23.7 Å². The maximum absolute atomic E-state index is 14.2. The summed E-state index contributed by atoms with van der Waals surface area (Å²) in [5.41, 5.74) is 8.05. The Hall–Kier alpha value is -5.63. The van der Waals surface area contributed by atoms with Crippen LogP contribution in [0.2, 0.25) is 0 Å². The third-order valence-corrected chi connectivity index (χ3v) is 7.07. The molecule has 0 unspecified atom stereocenters. The number of nitrogens with one attached hydrogen (secondary N) is 3. The topological polar surface area (TPSA) is 187 Å². The fraction of sp³-hybridized carbons (Fsp3) is 0.281. The molecule has 240 valence electrons. The quantitative estimate of drug-likeness (QED) is 0.180. The number of rotatable bonds is 11. The van der Waals surface area contributed by atoms with Gasteiger partial charge < -0.3 is 26.2 Å². The first-order valence-corrected chi connectivity index (χ1v) is 14.5. The third kappa shape index (κ3) is 8.30. The van der Waals surface area contributed by atoms with Gasteiger partial charge in [0.05, 0.1) is 30.5 Å². The Labute approximate surface area is 265 Å². The van der Waals surface area contributed by atoms with Crippen molar-refractivity contribution in [2.24, 2.45) is 10.8 Å². The summed E-state index contributed by atoms with van der Waals surface area (Å²) in [7, 11) is 3.48. The van der Waals surface area contributed by atoms with Crippen LogP contribution in [0.25, 0.3) is 10.8 Å². The molecule has 0 spiro atoms. The van der Waals surface area contributed by atoms with E-state index in [1.165, 1.54) is 16.7 Å². The normalized spacial score (nSPS) is 15.3. The van der Waals surface area contributed by atoms with Gasteiger partial charge in [-0.1, -0.05) is 48.5 Å². The molecular formula is C32H36N8O6. The minimum atomic E-state index is -1.23. The molecule has 1 aliphatic rings. The second kappa shape index (κ2) is 14.9. The summed E-state index contributed by atoms with van der Waals surface area (Å²) in [5.74, 6) is -2.39. The molecule has 4 rings (SSSR count). The second-order valence-corrected chi connectivity index (χ2v) is 11.0.